The van der Waals surface area contributed by atoms with Gasteiger partial charge in [0.15, 0.2) is 0 Å². The third-order valence-electron chi connectivity index (χ3n) is 3.27. The van der Waals surface area contributed by atoms with Gasteiger partial charge in [0, 0.05) is 16.8 Å². The highest BCUT2D eigenvalue weighted by atomic mass is 79.9. The highest BCUT2D eigenvalue weighted by Crippen LogP contribution is 2.26. The number of imidazole rings is 1. The number of nitrogens with zero attached hydrogens (tertiary/aromatic N) is 3. The van der Waals surface area contributed by atoms with Crippen LogP contribution in [0.15, 0.2) is 46.9 Å². The maximum Gasteiger partial charge on any atom is 0.115 e. The molecule has 0 bridgehead atoms. The number of alkyl halides is 1. The van der Waals surface area contributed by atoms with Crippen molar-refractivity contribution in [2.45, 2.75) is 6.42 Å². The number of nitriles is 1. The molecule has 0 saturated carbocycles. The summed E-state index contributed by atoms with van der Waals surface area (Å²) >= 11 is 9.36. The Bertz CT molecular complexity index is 848. The van der Waals surface area contributed by atoms with E-state index in [9.17, 15) is 5.26 Å². The van der Waals surface area contributed by atoms with Crippen molar-refractivity contribution < 1.29 is 0 Å². The molecule has 0 amide bonds. The molecule has 104 valence electrons. The van der Waals surface area contributed by atoms with Gasteiger partial charge in [-0.1, -0.05) is 28.1 Å². The zero-order valence-corrected chi connectivity index (χ0v) is 13.4. The van der Waals surface area contributed by atoms with Crippen LogP contribution in [0.3, 0.4) is 0 Å². The van der Waals surface area contributed by atoms with Gasteiger partial charge < -0.3 is 0 Å². The number of para-hydroxylation sites is 1. The number of benzene rings is 2. The number of fused-ring (bicyclic) bond motifs is 1. The van der Waals surface area contributed by atoms with Gasteiger partial charge in [0.2, 0.25) is 0 Å². The first-order valence-electron chi connectivity index (χ1n) is 6.47. The molecule has 3 aromatic rings. The monoisotopic (exact) mass is 359 g/mol. The summed E-state index contributed by atoms with van der Waals surface area (Å²) in [7, 11) is 0. The standard InChI is InChI=1S/C16H11BrClN3/c17-12-5-6-15-13(9-12)20-16(7-8-18)21(15)14-4-2-1-3-11(14)10-19/h1-6,9H,7-8H2. The normalized spacial score (nSPS) is 10.7. The van der Waals surface area contributed by atoms with E-state index in [1.807, 2.05) is 47.0 Å². The fourth-order valence-electron chi connectivity index (χ4n) is 2.39. The van der Waals surface area contributed by atoms with Gasteiger partial charge in [0.1, 0.15) is 11.9 Å². The van der Waals surface area contributed by atoms with Crippen LogP contribution in [-0.2, 0) is 6.42 Å². The minimum Gasteiger partial charge on any atom is -0.295 e. The Labute approximate surface area is 135 Å². The van der Waals surface area contributed by atoms with Crippen molar-refractivity contribution in [1.82, 2.24) is 9.55 Å². The molecule has 3 rings (SSSR count). The van der Waals surface area contributed by atoms with E-state index in [1.165, 1.54) is 0 Å². The lowest BCUT2D eigenvalue weighted by atomic mass is 10.2. The molecule has 0 aliphatic rings. The second-order valence-electron chi connectivity index (χ2n) is 4.56. The number of aryl methyl sites for hydroxylation is 1. The van der Waals surface area contributed by atoms with Gasteiger partial charge in [0.25, 0.3) is 0 Å². The van der Waals surface area contributed by atoms with Gasteiger partial charge in [-0.2, -0.15) is 5.26 Å². The molecule has 0 radical (unpaired) electrons. The Morgan fingerprint density at radius 2 is 2.05 bits per heavy atom. The third-order valence-corrected chi connectivity index (χ3v) is 3.95. The minimum absolute atomic E-state index is 0.485. The van der Waals surface area contributed by atoms with Gasteiger partial charge >= 0.3 is 0 Å². The Morgan fingerprint density at radius 1 is 1.24 bits per heavy atom. The van der Waals surface area contributed by atoms with Crippen molar-refractivity contribution in [1.29, 1.82) is 5.26 Å². The Balaban J connectivity index is 2.34. The smallest absolute Gasteiger partial charge is 0.115 e. The van der Waals surface area contributed by atoms with Gasteiger partial charge in [-0.15, -0.1) is 11.6 Å². The van der Waals surface area contributed by atoms with Crippen molar-refractivity contribution in [3.8, 4) is 11.8 Å². The maximum absolute atomic E-state index is 9.34. The molecule has 0 unspecified atom stereocenters. The van der Waals surface area contributed by atoms with E-state index in [0.717, 1.165) is 27.0 Å². The van der Waals surface area contributed by atoms with Crippen LogP contribution in [0.5, 0.6) is 0 Å². The second-order valence-corrected chi connectivity index (χ2v) is 5.86. The molecule has 0 N–H and O–H groups in total. The average molecular weight is 361 g/mol. The van der Waals surface area contributed by atoms with Crippen molar-refractivity contribution in [3.05, 3.63) is 58.3 Å². The van der Waals surface area contributed by atoms with E-state index >= 15 is 0 Å². The summed E-state index contributed by atoms with van der Waals surface area (Å²) in [5.74, 6) is 1.35. The summed E-state index contributed by atoms with van der Waals surface area (Å²) < 4.78 is 2.99. The summed E-state index contributed by atoms with van der Waals surface area (Å²) in [5.41, 5.74) is 3.32. The minimum atomic E-state index is 0.485. The van der Waals surface area contributed by atoms with E-state index in [-0.39, 0.29) is 0 Å². The summed E-state index contributed by atoms with van der Waals surface area (Å²) in [6.45, 7) is 0. The molecule has 0 atom stereocenters. The number of aromatic nitrogens is 2. The molecule has 3 nitrogen and oxygen atoms in total. The molecule has 1 heterocycles. The topological polar surface area (TPSA) is 41.6 Å². The Hall–Kier alpha value is -1.83. The zero-order valence-electron chi connectivity index (χ0n) is 11.1. The molecule has 0 spiro atoms. The van der Waals surface area contributed by atoms with E-state index in [4.69, 9.17) is 11.6 Å². The first-order valence-corrected chi connectivity index (χ1v) is 7.79. The SMILES string of the molecule is N#Cc1ccccc1-n1c(CCCl)nc2cc(Br)ccc21. The molecular weight excluding hydrogens is 350 g/mol. The molecule has 5 heteroatoms. The van der Waals surface area contributed by atoms with Crippen LogP contribution < -0.4 is 0 Å². The van der Waals surface area contributed by atoms with Gasteiger partial charge in [-0.05, 0) is 30.3 Å². The lowest BCUT2D eigenvalue weighted by molar-refractivity contribution is 0.910. The average Bonchev–Trinajstić information content (AvgIpc) is 2.84. The Morgan fingerprint density at radius 3 is 2.81 bits per heavy atom. The van der Waals surface area contributed by atoms with Crippen molar-refractivity contribution in [3.63, 3.8) is 0 Å². The molecule has 2 aromatic carbocycles. The van der Waals surface area contributed by atoms with Crippen molar-refractivity contribution >= 4 is 38.6 Å². The van der Waals surface area contributed by atoms with Crippen LogP contribution >= 0.6 is 27.5 Å². The summed E-state index contributed by atoms with van der Waals surface area (Å²) in [6, 6.07) is 15.7. The molecule has 0 aliphatic carbocycles. The lowest BCUT2D eigenvalue weighted by Gasteiger charge is -2.10. The van der Waals surface area contributed by atoms with Crippen LogP contribution in [0.1, 0.15) is 11.4 Å². The van der Waals surface area contributed by atoms with Crippen LogP contribution in [0.4, 0.5) is 0 Å². The van der Waals surface area contributed by atoms with Crippen LogP contribution in [-0.4, -0.2) is 15.4 Å². The third kappa shape index (κ3) is 2.55. The first-order chi connectivity index (χ1) is 10.2. The van der Waals surface area contributed by atoms with Crippen LogP contribution in [0.25, 0.3) is 16.7 Å². The summed E-state index contributed by atoms with van der Waals surface area (Å²) in [6.07, 6.45) is 0.646. The number of hydrogen-bond donors (Lipinski definition) is 0. The lowest BCUT2D eigenvalue weighted by Crippen LogP contribution is -2.04. The predicted octanol–water partition coefficient (Wildman–Crippen LogP) is 4.44. The molecule has 0 fully saturated rings. The van der Waals surface area contributed by atoms with E-state index in [1.54, 1.807) is 0 Å². The van der Waals surface area contributed by atoms with Crippen molar-refractivity contribution in [2.75, 3.05) is 5.88 Å². The molecule has 0 saturated heterocycles. The highest BCUT2D eigenvalue weighted by Gasteiger charge is 2.14. The van der Waals surface area contributed by atoms with Gasteiger partial charge in [-0.3, -0.25) is 4.57 Å². The van der Waals surface area contributed by atoms with E-state index < -0.39 is 0 Å². The summed E-state index contributed by atoms with van der Waals surface area (Å²) in [4.78, 5) is 4.65. The largest absolute Gasteiger partial charge is 0.295 e. The van der Waals surface area contributed by atoms with Gasteiger partial charge in [0.05, 0.1) is 22.3 Å². The molecule has 0 aliphatic heterocycles. The maximum atomic E-state index is 9.34. The van der Waals surface area contributed by atoms with E-state index in [2.05, 4.69) is 27.0 Å². The van der Waals surface area contributed by atoms with Crippen molar-refractivity contribution in [2.24, 2.45) is 0 Å². The van der Waals surface area contributed by atoms with Crippen LogP contribution in [0.2, 0.25) is 0 Å². The fraction of sp³-hybridized carbons (Fsp3) is 0.125. The molecular formula is C16H11BrClN3. The second kappa shape index (κ2) is 5.88. The predicted molar refractivity (Wildman–Crippen MR) is 87.9 cm³/mol. The quantitative estimate of drug-likeness (QED) is 0.648. The number of rotatable bonds is 3. The summed E-state index contributed by atoms with van der Waals surface area (Å²) in [5, 5.41) is 9.34. The fourth-order valence-corrected chi connectivity index (χ4v) is 2.91. The molecule has 1 aromatic heterocycles. The zero-order chi connectivity index (χ0) is 14.8. The number of hydrogen-bond acceptors (Lipinski definition) is 2. The highest BCUT2D eigenvalue weighted by molar-refractivity contribution is 9.10. The first kappa shape index (κ1) is 14.1. The van der Waals surface area contributed by atoms with Crippen LogP contribution in [0, 0.1) is 11.3 Å². The number of halogens is 2. The van der Waals surface area contributed by atoms with E-state index in [0.29, 0.717) is 17.9 Å². The molecule has 21 heavy (non-hydrogen) atoms. The van der Waals surface area contributed by atoms with Gasteiger partial charge in [-0.25, -0.2) is 4.98 Å². The Kier molecular flexibility index (Phi) is 3.96.